The predicted octanol–water partition coefficient (Wildman–Crippen LogP) is 2.06. The highest BCUT2D eigenvalue weighted by Crippen LogP contribution is 2.18. The maximum Gasteiger partial charge on any atom is 0.426 e. The number of carbonyl (C=O) groups is 1. The van der Waals surface area contributed by atoms with Crippen molar-refractivity contribution in [3.63, 3.8) is 0 Å². The van der Waals surface area contributed by atoms with E-state index in [1.807, 2.05) is 0 Å². The van der Waals surface area contributed by atoms with E-state index in [1.54, 1.807) is 5.06 Å². The SMILES string of the molecule is O=C(NC1CCCC1)ON1CCCCC1. The summed E-state index contributed by atoms with van der Waals surface area (Å²) in [5.41, 5.74) is 0. The van der Waals surface area contributed by atoms with Crippen LogP contribution in [0.4, 0.5) is 4.79 Å². The van der Waals surface area contributed by atoms with Gasteiger partial charge in [-0.15, -0.1) is 5.06 Å². The molecule has 0 aromatic heterocycles. The van der Waals surface area contributed by atoms with E-state index in [9.17, 15) is 4.79 Å². The normalized spacial score (nSPS) is 24.0. The van der Waals surface area contributed by atoms with Crippen LogP contribution in [-0.4, -0.2) is 30.3 Å². The molecule has 2 fully saturated rings. The van der Waals surface area contributed by atoms with Crippen LogP contribution >= 0.6 is 0 Å². The summed E-state index contributed by atoms with van der Waals surface area (Å²) in [4.78, 5) is 16.7. The van der Waals surface area contributed by atoms with Gasteiger partial charge in [0, 0.05) is 19.1 Å². The molecule has 0 aromatic carbocycles. The first-order valence-electron chi connectivity index (χ1n) is 6.08. The van der Waals surface area contributed by atoms with Gasteiger partial charge < -0.3 is 10.2 Å². The molecule has 0 spiro atoms. The molecule has 0 unspecified atom stereocenters. The van der Waals surface area contributed by atoms with E-state index in [0.717, 1.165) is 38.8 Å². The summed E-state index contributed by atoms with van der Waals surface area (Å²) in [5, 5.41) is 4.71. The van der Waals surface area contributed by atoms with Crippen molar-refractivity contribution in [2.75, 3.05) is 13.1 Å². The van der Waals surface area contributed by atoms with Gasteiger partial charge in [-0.3, -0.25) is 0 Å². The molecule has 15 heavy (non-hydrogen) atoms. The Bertz CT molecular complexity index is 209. The molecule has 1 N–H and O–H groups in total. The Balaban J connectivity index is 1.66. The van der Waals surface area contributed by atoms with Gasteiger partial charge >= 0.3 is 6.09 Å². The van der Waals surface area contributed by atoms with Crippen LogP contribution in [0, 0.1) is 0 Å². The fourth-order valence-corrected chi connectivity index (χ4v) is 2.34. The van der Waals surface area contributed by atoms with Crippen LogP contribution < -0.4 is 5.32 Å². The van der Waals surface area contributed by atoms with Gasteiger partial charge in [0.1, 0.15) is 0 Å². The van der Waals surface area contributed by atoms with Crippen molar-refractivity contribution in [3.05, 3.63) is 0 Å². The molecule has 1 amide bonds. The van der Waals surface area contributed by atoms with Crippen molar-refractivity contribution in [2.24, 2.45) is 0 Å². The van der Waals surface area contributed by atoms with E-state index in [-0.39, 0.29) is 6.09 Å². The van der Waals surface area contributed by atoms with Crippen LogP contribution in [-0.2, 0) is 4.84 Å². The average molecular weight is 212 g/mol. The summed E-state index contributed by atoms with van der Waals surface area (Å²) >= 11 is 0. The number of amides is 1. The van der Waals surface area contributed by atoms with Gasteiger partial charge in [0.25, 0.3) is 0 Å². The molecule has 4 nitrogen and oxygen atoms in total. The summed E-state index contributed by atoms with van der Waals surface area (Å²) < 4.78 is 0. The van der Waals surface area contributed by atoms with Crippen LogP contribution in [0.5, 0.6) is 0 Å². The highest BCUT2D eigenvalue weighted by atomic mass is 16.7. The second-order valence-corrected chi connectivity index (χ2v) is 4.49. The van der Waals surface area contributed by atoms with Crippen molar-refractivity contribution < 1.29 is 9.63 Å². The van der Waals surface area contributed by atoms with Crippen LogP contribution in [0.3, 0.4) is 0 Å². The lowest BCUT2D eigenvalue weighted by atomic mass is 10.2. The van der Waals surface area contributed by atoms with Gasteiger partial charge in [0.15, 0.2) is 0 Å². The number of hydroxylamine groups is 2. The molecule has 1 aliphatic carbocycles. The average Bonchev–Trinajstić information content (AvgIpc) is 2.71. The molecular weight excluding hydrogens is 192 g/mol. The van der Waals surface area contributed by atoms with E-state index in [0.29, 0.717) is 6.04 Å². The van der Waals surface area contributed by atoms with Crippen molar-refractivity contribution in [1.82, 2.24) is 10.4 Å². The van der Waals surface area contributed by atoms with Gasteiger partial charge in [0.05, 0.1) is 0 Å². The highest BCUT2D eigenvalue weighted by molar-refractivity contribution is 5.67. The quantitative estimate of drug-likeness (QED) is 0.761. The Hall–Kier alpha value is -0.770. The van der Waals surface area contributed by atoms with E-state index in [2.05, 4.69) is 5.32 Å². The van der Waals surface area contributed by atoms with Crippen LogP contribution in [0.15, 0.2) is 0 Å². The maximum absolute atomic E-state index is 11.5. The maximum atomic E-state index is 11.5. The van der Waals surface area contributed by atoms with Crippen LogP contribution in [0.2, 0.25) is 0 Å². The summed E-state index contributed by atoms with van der Waals surface area (Å²) in [6.07, 6.45) is 7.94. The lowest BCUT2D eigenvalue weighted by molar-refractivity contribution is -0.111. The fraction of sp³-hybridized carbons (Fsp3) is 0.909. The number of hydrogen-bond donors (Lipinski definition) is 1. The Morgan fingerprint density at radius 3 is 2.40 bits per heavy atom. The molecule has 2 aliphatic rings. The third-order valence-electron chi connectivity index (χ3n) is 3.20. The molecule has 1 heterocycles. The summed E-state index contributed by atoms with van der Waals surface area (Å²) in [5.74, 6) is 0. The number of carbonyl (C=O) groups excluding carboxylic acids is 1. The number of nitrogens with one attached hydrogen (secondary N) is 1. The first-order chi connectivity index (χ1) is 7.34. The molecule has 1 saturated carbocycles. The minimum Gasteiger partial charge on any atom is -0.351 e. The minimum atomic E-state index is -0.260. The largest absolute Gasteiger partial charge is 0.426 e. The molecule has 1 saturated heterocycles. The number of piperidine rings is 1. The van der Waals surface area contributed by atoms with Gasteiger partial charge in [0.2, 0.25) is 0 Å². The Labute approximate surface area is 90.9 Å². The molecule has 1 aliphatic heterocycles. The number of nitrogens with zero attached hydrogens (tertiary/aromatic N) is 1. The first-order valence-corrected chi connectivity index (χ1v) is 6.08. The molecule has 2 rings (SSSR count). The molecule has 0 aromatic rings. The topological polar surface area (TPSA) is 41.6 Å². The summed E-state index contributed by atoms with van der Waals surface area (Å²) in [6.45, 7) is 1.77. The molecule has 0 atom stereocenters. The third-order valence-corrected chi connectivity index (χ3v) is 3.20. The second-order valence-electron chi connectivity index (χ2n) is 4.49. The first kappa shape index (κ1) is 10.7. The van der Waals surface area contributed by atoms with Crippen LogP contribution in [0.1, 0.15) is 44.9 Å². The zero-order valence-corrected chi connectivity index (χ0v) is 9.21. The second kappa shape index (κ2) is 5.35. The third kappa shape index (κ3) is 3.38. The Morgan fingerprint density at radius 2 is 1.73 bits per heavy atom. The lowest BCUT2D eigenvalue weighted by Crippen LogP contribution is -2.40. The fourth-order valence-electron chi connectivity index (χ4n) is 2.34. The molecule has 4 heteroatoms. The molecule has 86 valence electrons. The van der Waals surface area contributed by atoms with Crippen molar-refractivity contribution in [3.8, 4) is 0 Å². The number of rotatable bonds is 2. The van der Waals surface area contributed by atoms with E-state index < -0.39 is 0 Å². The zero-order valence-electron chi connectivity index (χ0n) is 9.21. The van der Waals surface area contributed by atoms with E-state index in [1.165, 1.54) is 19.3 Å². The van der Waals surface area contributed by atoms with E-state index in [4.69, 9.17) is 4.84 Å². The smallest absolute Gasteiger partial charge is 0.351 e. The monoisotopic (exact) mass is 212 g/mol. The van der Waals surface area contributed by atoms with Gasteiger partial charge in [-0.2, -0.15) is 0 Å². The van der Waals surface area contributed by atoms with Crippen molar-refractivity contribution in [1.29, 1.82) is 0 Å². The van der Waals surface area contributed by atoms with Gasteiger partial charge in [-0.25, -0.2) is 4.79 Å². The minimum absolute atomic E-state index is 0.260. The summed E-state index contributed by atoms with van der Waals surface area (Å²) in [7, 11) is 0. The predicted molar refractivity (Wildman–Crippen MR) is 57.3 cm³/mol. The lowest BCUT2D eigenvalue weighted by Gasteiger charge is -2.25. The van der Waals surface area contributed by atoms with Crippen molar-refractivity contribution >= 4 is 6.09 Å². The summed E-state index contributed by atoms with van der Waals surface area (Å²) in [6, 6.07) is 0.349. The molecule has 0 bridgehead atoms. The standard InChI is InChI=1S/C11H20N2O2/c14-11(12-10-6-2-3-7-10)15-13-8-4-1-5-9-13/h10H,1-9H2,(H,12,14). The zero-order chi connectivity index (χ0) is 10.5. The Kier molecular flexibility index (Phi) is 3.83. The van der Waals surface area contributed by atoms with Crippen molar-refractivity contribution in [2.45, 2.75) is 51.0 Å². The van der Waals surface area contributed by atoms with Gasteiger partial charge in [-0.1, -0.05) is 19.3 Å². The molecule has 0 radical (unpaired) electrons. The van der Waals surface area contributed by atoms with Gasteiger partial charge in [-0.05, 0) is 25.7 Å². The number of hydrogen-bond acceptors (Lipinski definition) is 3. The van der Waals surface area contributed by atoms with E-state index >= 15 is 0 Å². The molecular formula is C11H20N2O2. The highest BCUT2D eigenvalue weighted by Gasteiger charge is 2.20. The van der Waals surface area contributed by atoms with Crippen LogP contribution in [0.25, 0.3) is 0 Å². The Morgan fingerprint density at radius 1 is 1.07 bits per heavy atom.